The molecule has 0 spiro atoms. The Hall–Kier alpha value is -1.78. The summed E-state index contributed by atoms with van der Waals surface area (Å²) in [6.45, 7) is 1.46. The van der Waals surface area contributed by atoms with Crippen molar-refractivity contribution >= 4 is 17.5 Å². The van der Waals surface area contributed by atoms with E-state index in [-0.39, 0.29) is 12.5 Å². The van der Waals surface area contributed by atoms with E-state index in [2.05, 4.69) is 16.8 Å². The van der Waals surface area contributed by atoms with Gasteiger partial charge in [-0.05, 0) is 36.6 Å². The second kappa shape index (κ2) is 9.24. The monoisotopic (exact) mass is 374 g/mol. The van der Waals surface area contributed by atoms with E-state index in [0.717, 1.165) is 29.1 Å². The second-order valence-corrected chi connectivity index (χ2v) is 7.37. The van der Waals surface area contributed by atoms with Crippen molar-refractivity contribution in [3.8, 4) is 0 Å². The molecule has 1 fully saturated rings. The Labute approximate surface area is 160 Å². The molecule has 26 heavy (non-hydrogen) atoms. The average Bonchev–Trinajstić information content (AvgIpc) is 3.09. The third-order valence-corrected chi connectivity index (χ3v) is 5.53. The van der Waals surface area contributed by atoms with Crippen LogP contribution in [0.5, 0.6) is 0 Å². The summed E-state index contributed by atoms with van der Waals surface area (Å²) in [6, 6.07) is 12.3. The van der Waals surface area contributed by atoms with Gasteiger partial charge in [0.1, 0.15) is 6.61 Å². The minimum Gasteiger partial charge on any atom is -0.375 e. The van der Waals surface area contributed by atoms with Crippen LogP contribution in [-0.2, 0) is 22.6 Å². The Kier molecular flexibility index (Phi) is 6.75. The largest absolute Gasteiger partial charge is 0.375 e. The van der Waals surface area contributed by atoms with E-state index in [1.807, 2.05) is 35.2 Å². The normalized spacial score (nSPS) is 15.2. The predicted molar refractivity (Wildman–Crippen MR) is 104 cm³/mol. The van der Waals surface area contributed by atoms with Crippen LogP contribution < -0.4 is 0 Å². The van der Waals surface area contributed by atoms with E-state index in [0.29, 0.717) is 19.1 Å². The van der Waals surface area contributed by atoms with Crippen molar-refractivity contribution < 1.29 is 9.53 Å². The van der Waals surface area contributed by atoms with Gasteiger partial charge in [-0.25, -0.2) is 0 Å². The van der Waals surface area contributed by atoms with Gasteiger partial charge in [0.05, 0.1) is 6.54 Å². The minimum atomic E-state index is 0.0740. The van der Waals surface area contributed by atoms with Gasteiger partial charge in [-0.1, -0.05) is 49.1 Å². The number of carbonyl (C=O) groups is 1. The zero-order valence-corrected chi connectivity index (χ0v) is 16.1. The molecule has 4 nitrogen and oxygen atoms in total. The van der Waals surface area contributed by atoms with Gasteiger partial charge in [0.2, 0.25) is 5.91 Å². The van der Waals surface area contributed by atoms with Crippen LogP contribution in [0.25, 0.3) is 0 Å². The van der Waals surface area contributed by atoms with Crippen LogP contribution in [0, 0.1) is 0 Å². The van der Waals surface area contributed by atoms with Crippen LogP contribution in [0.4, 0.5) is 0 Å². The lowest BCUT2D eigenvalue weighted by Gasteiger charge is -2.34. The molecule has 0 atom stereocenters. The molecule has 3 rings (SSSR count). The van der Waals surface area contributed by atoms with Gasteiger partial charge in [0.15, 0.2) is 0 Å². The van der Waals surface area contributed by atoms with E-state index in [1.165, 1.54) is 19.3 Å². The molecule has 140 valence electrons. The molecule has 1 aromatic heterocycles. The molecule has 1 aliphatic rings. The molecule has 1 heterocycles. The molecule has 5 heteroatoms. The number of methoxy groups -OCH3 is 1. The van der Waals surface area contributed by atoms with Crippen molar-refractivity contribution in [3.63, 3.8) is 0 Å². The third-order valence-electron chi connectivity index (χ3n) is 5.16. The SMILES string of the molecule is COCC(=O)N(Cc1cccn1Cc1ccccc1Cl)C1CCCCC1. The van der Waals surface area contributed by atoms with E-state index in [4.69, 9.17) is 16.3 Å². The quantitative estimate of drug-likeness (QED) is 0.715. The molecule has 0 aliphatic heterocycles. The summed E-state index contributed by atoms with van der Waals surface area (Å²) in [5, 5.41) is 0.770. The fraction of sp³-hybridized carbons (Fsp3) is 0.476. The Morgan fingerprint density at radius 2 is 1.96 bits per heavy atom. The van der Waals surface area contributed by atoms with E-state index in [9.17, 15) is 4.79 Å². The fourth-order valence-corrected chi connectivity index (χ4v) is 3.95. The number of hydrogen-bond donors (Lipinski definition) is 0. The summed E-state index contributed by atoms with van der Waals surface area (Å²) in [6.07, 6.45) is 7.88. The Bertz CT molecular complexity index is 722. The summed E-state index contributed by atoms with van der Waals surface area (Å²) in [4.78, 5) is 14.7. The number of hydrogen-bond acceptors (Lipinski definition) is 2. The molecular weight excluding hydrogens is 348 g/mol. The maximum atomic E-state index is 12.7. The molecule has 1 aromatic carbocycles. The summed E-state index contributed by atoms with van der Waals surface area (Å²) in [7, 11) is 1.58. The lowest BCUT2D eigenvalue weighted by Crippen LogP contribution is -2.43. The third kappa shape index (κ3) is 4.68. The van der Waals surface area contributed by atoms with Gasteiger partial charge in [-0.2, -0.15) is 0 Å². The summed E-state index contributed by atoms with van der Waals surface area (Å²) < 4.78 is 7.30. The van der Waals surface area contributed by atoms with Crippen molar-refractivity contribution in [3.05, 3.63) is 58.9 Å². The van der Waals surface area contributed by atoms with Crippen LogP contribution in [0.15, 0.2) is 42.6 Å². The molecule has 1 saturated carbocycles. The zero-order valence-electron chi connectivity index (χ0n) is 15.4. The maximum Gasteiger partial charge on any atom is 0.249 e. The van der Waals surface area contributed by atoms with Crippen molar-refractivity contribution in [1.29, 1.82) is 0 Å². The Balaban J connectivity index is 1.77. The van der Waals surface area contributed by atoms with E-state index in [1.54, 1.807) is 7.11 Å². The number of halogens is 1. The number of nitrogens with zero attached hydrogens (tertiary/aromatic N) is 2. The van der Waals surface area contributed by atoms with Gasteiger partial charge in [-0.15, -0.1) is 0 Å². The molecule has 0 bridgehead atoms. The molecule has 0 radical (unpaired) electrons. The lowest BCUT2D eigenvalue weighted by atomic mass is 9.94. The smallest absolute Gasteiger partial charge is 0.249 e. The Morgan fingerprint density at radius 3 is 2.69 bits per heavy atom. The topological polar surface area (TPSA) is 34.5 Å². The first-order chi connectivity index (χ1) is 12.7. The molecule has 0 N–H and O–H groups in total. The molecule has 0 unspecified atom stereocenters. The average molecular weight is 375 g/mol. The fourth-order valence-electron chi connectivity index (χ4n) is 3.75. The first kappa shape index (κ1) is 19.0. The van der Waals surface area contributed by atoms with Gasteiger partial charge < -0.3 is 14.2 Å². The number of carbonyl (C=O) groups excluding carboxylic acids is 1. The minimum absolute atomic E-state index is 0.0740. The number of amides is 1. The van der Waals surface area contributed by atoms with Gasteiger partial charge in [0.25, 0.3) is 0 Å². The van der Waals surface area contributed by atoms with E-state index >= 15 is 0 Å². The Morgan fingerprint density at radius 1 is 1.19 bits per heavy atom. The highest BCUT2D eigenvalue weighted by Crippen LogP contribution is 2.25. The first-order valence-electron chi connectivity index (χ1n) is 9.35. The molecular formula is C21H27ClN2O2. The standard InChI is InChI=1S/C21H27ClN2O2/c1-26-16-21(25)24(18-9-3-2-4-10-18)15-19-11-7-13-23(19)14-17-8-5-6-12-20(17)22/h5-8,11-13,18H,2-4,9-10,14-16H2,1H3. The van der Waals surface area contributed by atoms with E-state index < -0.39 is 0 Å². The summed E-state index contributed by atoms with van der Waals surface area (Å²) in [5.41, 5.74) is 2.21. The van der Waals surface area contributed by atoms with Gasteiger partial charge >= 0.3 is 0 Å². The van der Waals surface area contributed by atoms with Crippen molar-refractivity contribution in [2.24, 2.45) is 0 Å². The van der Waals surface area contributed by atoms with Gasteiger partial charge in [0, 0.05) is 36.6 Å². The number of rotatable bonds is 7. The van der Waals surface area contributed by atoms with Crippen LogP contribution in [0.1, 0.15) is 43.4 Å². The highest BCUT2D eigenvalue weighted by molar-refractivity contribution is 6.31. The van der Waals surface area contributed by atoms with Crippen molar-refractivity contribution in [1.82, 2.24) is 9.47 Å². The molecule has 2 aromatic rings. The van der Waals surface area contributed by atoms with Crippen LogP contribution >= 0.6 is 11.6 Å². The van der Waals surface area contributed by atoms with Crippen molar-refractivity contribution in [2.45, 2.75) is 51.2 Å². The predicted octanol–water partition coefficient (Wildman–Crippen LogP) is 4.50. The number of benzene rings is 1. The molecule has 1 amide bonds. The highest BCUT2D eigenvalue weighted by atomic mass is 35.5. The first-order valence-corrected chi connectivity index (χ1v) is 9.72. The lowest BCUT2D eigenvalue weighted by molar-refractivity contribution is -0.139. The van der Waals surface area contributed by atoms with Crippen LogP contribution in [0.2, 0.25) is 5.02 Å². The maximum absolute atomic E-state index is 12.7. The molecule has 1 aliphatic carbocycles. The summed E-state index contributed by atoms with van der Waals surface area (Å²) in [5.74, 6) is 0.0740. The zero-order chi connectivity index (χ0) is 18.4. The van der Waals surface area contributed by atoms with Crippen molar-refractivity contribution in [2.75, 3.05) is 13.7 Å². The molecule has 0 saturated heterocycles. The number of ether oxygens (including phenoxy) is 1. The van der Waals surface area contributed by atoms with Gasteiger partial charge in [-0.3, -0.25) is 4.79 Å². The van der Waals surface area contributed by atoms with Crippen LogP contribution in [0.3, 0.4) is 0 Å². The number of aromatic nitrogens is 1. The van der Waals surface area contributed by atoms with Crippen LogP contribution in [-0.4, -0.2) is 35.1 Å². The second-order valence-electron chi connectivity index (χ2n) is 6.97. The summed E-state index contributed by atoms with van der Waals surface area (Å²) >= 11 is 6.32. The highest BCUT2D eigenvalue weighted by Gasteiger charge is 2.26.